The summed E-state index contributed by atoms with van der Waals surface area (Å²) in [5, 5.41) is 19.8. The molecule has 1 rings (SSSR count). The second kappa shape index (κ2) is 5.54. The number of nitrogens with one attached hydrogen (secondary N) is 1. The lowest BCUT2D eigenvalue weighted by Crippen LogP contribution is -2.36. The van der Waals surface area contributed by atoms with E-state index in [9.17, 15) is 18.4 Å². The average Bonchev–Trinajstić information content (AvgIpc) is 2.31. The molecule has 0 heterocycles. The number of aliphatic hydroxyl groups excluding tert-OH is 1. The smallest absolute Gasteiger partial charge is 0.336 e. The number of carboxylic acid groups (broad SMARTS) is 1. The lowest BCUT2D eigenvalue weighted by Gasteiger charge is -2.12. The second-order valence-corrected chi connectivity index (χ2v) is 3.67. The zero-order valence-corrected chi connectivity index (χ0v) is 9.41. The zero-order valence-electron chi connectivity index (χ0n) is 9.41. The number of rotatable bonds is 4. The molecule has 18 heavy (non-hydrogen) atoms. The molecule has 0 radical (unpaired) electrons. The Kier molecular flexibility index (Phi) is 4.33. The molecule has 0 spiro atoms. The third kappa shape index (κ3) is 3.01. The Bertz CT molecular complexity index is 490. The van der Waals surface area contributed by atoms with Crippen molar-refractivity contribution in [3.8, 4) is 0 Å². The van der Waals surface area contributed by atoms with E-state index in [1.807, 2.05) is 0 Å². The summed E-state index contributed by atoms with van der Waals surface area (Å²) < 4.78 is 25.9. The van der Waals surface area contributed by atoms with Gasteiger partial charge in [0.15, 0.2) is 11.6 Å². The highest BCUT2D eigenvalue weighted by atomic mass is 19.2. The maximum atomic E-state index is 13.0. The van der Waals surface area contributed by atoms with Crippen LogP contribution in [0.3, 0.4) is 0 Å². The van der Waals surface area contributed by atoms with Crippen LogP contribution in [0.4, 0.5) is 8.78 Å². The van der Waals surface area contributed by atoms with Crippen LogP contribution in [-0.4, -0.2) is 34.7 Å². The highest BCUT2D eigenvalue weighted by Gasteiger charge is 2.21. The Hall–Kier alpha value is -2.02. The van der Waals surface area contributed by atoms with Crippen molar-refractivity contribution in [2.45, 2.75) is 13.0 Å². The number of aliphatic hydroxyl groups is 1. The molecular weight excluding hydrogens is 248 g/mol. The van der Waals surface area contributed by atoms with E-state index in [0.717, 1.165) is 0 Å². The third-order valence-electron chi connectivity index (χ3n) is 2.19. The van der Waals surface area contributed by atoms with Gasteiger partial charge in [0, 0.05) is 6.04 Å². The number of halogens is 2. The first-order chi connectivity index (χ1) is 8.36. The molecule has 1 aromatic carbocycles. The van der Waals surface area contributed by atoms with E-state index >= 15 is 0 Å². The molecule has 1 atom stereocenters. The fourth-order valence-electron chi connectivity index (χ4n) is 1.26. The molecule has 0 aromatic heterocycles. The van der Waals surface area contributed by atoms with Gasteiger partial charge in [-0.3, -0.25) is 4.79 Å². The van der Waals surface area contributed by atoms with Crippen molar-refractivity contribution in [1.82, 2.24) is 5.32 Å². The predicted octanol–water partition coefficient (Wildman–Crippen LogP) is 0.774. The second-order valence-electron chi connectivity index (χ2n) is 3.67. The number of hydrogen-bond acceptors (Lipinski definition) is 3. The van der Waals surface area contributed by atoms with Gasteiger partial charge in [0.1, 0.15) is 0 Å². The van der Waals surface area contributed by atoms with Crippen molar-refractivity contribution in [3.05, 3.63) is 34.9 Å². The van der Waals surface area contributed by atoms with Crippen LogP contribution in [0.2, 0.25) is 0 Å². The van der Waals surface area contributed by atoms with Crippen molar-refractivity contribution in [2.75, 3.05) is 6.61 Å². The lowest BCUT2D eigenvalue weighted by molar-refractivity contribution is 0.0689. The van der Waals surface area contributed by atoms with Gasteiger partial charge in [-0.15, -0.1) is 0 Å². The van der Waals surface area contributed by atoms with Crippen LogP contribution in [0.25, 0.3) is 0 Å². The predicted molar refractivity (Wildman–Crippen MR) is 57.3 cm³/mol. The van der Waals surface area contributed by atoms with E-state index < -0.39 is 40.7 Å². The van der Waals surface area contributed by atoms with E-state index in [-0.39, 0.29) is 6.61 Å². The van der Waals surface area contributed by atoms with Gasteiger partial charge in [-0.1, -0.05) is 0 Å². The Morgan fingerprint density at radius 3 is 2.22 bits per heavy atom. The fourth-order valence-corrected chi connectivity index (χ4v) is 1.26. The van der Waals surface area contributed by atoms with E-state index in [1.165, 1.54) is 6.92 Å². The van der Waals surface area contributed by atoms with Gasteiger partial charge in [-0.05, 0) is 19.1 Å². The summed E-state index contributed by atoms with van der Waals surface area (Å²) >= 11 is 0. The topological polar surface area (TPSA) is 86.6 Å². The van der Waals surface area contributed by atoms with E-state index in [0.29, 0.717) is 12.1 Å². The first kappa shape index (κ1) is 14.0. The van der Waals surface area contributed by atoms with Crippen molar-refractivity contribution in [2.24, 2.45) is 0 Å². The number of aromatic carboxylic acids is 1. The Morgan fingerprint density at radius 2 is 1.78 bits per heavy atom. The largest absolute Gasteiger partial charge is 0.478 e. The fraction of sp³-hybridized carbons (Fsp3) is 0.273. The average molecular weight is 259 g/mol. The number of benzene rings is 1. The van der Waals surface area contributed by atoms with Crippen LogP contribution in [0.15, 0.2) is 12.1 Å². The molecule has 0 saturated carbocycles. The number of carbonyl (C=O) groups excluding carboxylic acids is 1. The highest BCUT2D eigenvalue weighted by molar-refractivity contribution is 6.04. The summed E-state index contributed by atoms with van der Waals surface area (Å²) in [6.07, 6.45) is 0. The molecule has 0 aliphatic rings. The van der Waals surface area contributed by atoms with Crippen LogP contribution in [-0.2, 0) is 0 Å². The first-order valence-corrected chi connectivity index (χ1v) is 5.01. The molecule has 0 saturated heterocycles. The number of hydrogen-bond donors (Lipinski definition) is 3. The van der Waals surface area contributed by atoms with Crippen molar-refractivity contribution < 1.29 is 28.6 Å². The van der Waals surface area contributed by atoms with Crippen LogP contribution >= 0.6 is 0 Å². The van der Waals surface area contributed by atoms with E-state index in [4.69, 9.17) is 10.2 Å². The lowest BCUT2D eigenvalue weighted by atomic mass is 10.1. The SMILES string of the molecule is C[C@@H](CO)NC(=O)c1cc(F)c(F)cc1C(=O)O. The molecule has 0 aliphatic carbocycles. The van der Waals surface area contributed by atoms with Crippen LogP contribution in [0.1, 0.15) is 27.6 Å². The maximum Gasteiger partial charge on any atom is 0.336 e. The Labute approximate surface area is 101 Å². The summed E-state index contributed by atoms with van der Waals surface area (Å²) in [5.41, 5.74) is -1.14. The van der Waals surface area contributed by atoms with Gasteiger partial charge >= 0.3 is 5.97 Å². The number of amides is 1. The molecule has 5 nitrogen and oxygen atoms in total. The summed E-state index contributed by atoms with van der Waals surface area (Å²) in [7, 11) is 0. The molecule has 3 N–H and O–H groups in total. The standard InChI is InChI=1S/C11H11F2NO4/c1-5(4-15)14-10(16)6-2-8(12)9(13)3-7(6)11(17)18/h2-3,5,15H,4H2,1H3,(H,14,16)(H,17,18)/t5-/m0/s1. The zero-order chi connectivity index (χ0) is 13.9. The van der Waals surface area contributed by atoms with Crippen LogP contribution < -0.4 is 5.32 Å². The van der Waals surface area contributed by atoms with Crippen molar-refractivity contribution in [1.29, 1.82) is 0 Å². The summed E-state index contributed by atoms with van der Waals surface area (Å²) in [4.78, 5) is 22.5. The molecular formula is C11H11F2NO4. The van der Waals surface area contributed by atoms with Crippen LogP contribution in [0.5, 0.6) is 0 Å². The summed E-state index contributed by atoms with van der Waals surface area (Å²) in [6.45, 7) is 1.11. The summed E-state index contributed by atoms with van der Waals surface area (Å²) in [5.74, 6) is -5.11. The molecule has 0 aliphatic heterocycles. The van der Waals surface area contributed by atoms with Crippen LogP contribution in [0, 0.1) is 11.6 Å². The Balaban J connectivity index is 3.18. The van der Waals surface area contributed by atoms with Crippen molar-refractivity contribution >= 4 is 11.9 Å². The van der Waals surface area contributed by atoms with Gasteiger partial charge in [0.2, 0.25) is 0 Å². The minimum atomic E-state index is -1.55. The first-order valence-electron chi connectivity index (χ1n) is 5.01. The van der Waals surface area contributed by atoms with Crippen molar-refractivity contribution in [3.63, 3.8) is 0 Å². The molecule has 7 heteroatoms. The molecule has 1 aromatic rings. The summed E-state index contributed by atoms with van der Waals surface area (Å²) in [6, 6.07) is 0.321. The minimum Gasteiger partial charge on any atom is -0.478 e. The molecule has 98 valence electrons. The van der Waals surface area contributed by atoms with Gasteiger partial charge in [0.05, 0.1) is 17.7 Å². The highest BCUT2D eigenvalue weighted by Crippen LogP contribution is 2.15. The molecule has 1 amide bonds. The number of carbonyl (C=O) groups is 2. The normalized spacial score (nSPS) is 12.0. The third-order valence-corrected chi connectivity index (χ3v) is 2.19. The van der Waals surface area contributed by atoms with Gasteiger partial charge < -0.3 is 15.5 Å². The van der Waals surface area contributed by atoms with Gasteiger partial charge in [-0.25, -0.2) is 13.6 Å². The molecule has 0 fully saturated rings. The Morgan fingerprint density at radius 1 is 1.28 bits per heavy atom. The maximum absolute atomic E-state index is 13.0. The molecule has 0 bridgehead atoms. The van der Waals surface area contributed by atoms with E-state index in [1.54, 1.807) is 0 Å². The van der Waals surface area contributed by atoms with Gasteiger partial charge in [0.25, 0.3) is 5.91 Å². The number of carboxylic acids is 1. The molecule has 0 unspecified atom stereocenters. The quantitative estimate of drug-likeness (QED) is 0.745. The minimum absolute atomic E-state index is 0.363. The monoisotopic (exact) mass is 259 g/mol. The van der Waals surface area contributed by atoms with Gasteiger partial charge in [-0.2, -0.15) is 0 Å². The van der Waals surface area contributed by atoms with E-state index in [2.05, 4.69) is 5.32 Å².